The van der Waals surface area contributed by atoms with Crippen molar-refractivity contribution in [1.29, 1.82) is 0 Å². The molecule has 0 bridgehead atoms. The summed E-state index contributed by atoms with van der Waals surface area (Å²) < 4.78 is 5.58. The largest absolute Gasteiger partial charge is 0.493 e. The van der Waals surface area contributed by atoms with Crippen molar-refractivity contribution >= 4 is 5.91 Å². The number of nitrogens with zero attached hydrogens (tertiary/aromatic N) is 1. The van der Waals surface area contributed by atoms with Gasteiger partial charge in [0.25, 0.3) is 0 Å². The highest BCUT2D eigenvalue weighted by atomic mass is 16.5. The average molecular weight is 279 g/mol. The van der Waals surface area contributed by atoms with Crippen LogP contribution in [0.25, 0.3) is 0 Å². The van der Waals surface area contributed by atoms with Crippen molar-refractivity contribution in [2.75, 3.05) is 19.7 Å². The van der Waals surface area contributed by atoms with E-state index in [1.165, 1.54) is 4.90 Å². The normalized spacial score (nSPS) is 22.1. The summed E-state index contributed by atoms with van der Waals surface area (Å²) in [6, 6.07) is 5.92. The number of aryl methyl sites for hydroxylation is 2. The van der Waals surface area contributed by atoms with Crippen LogP contribution in [-0.2, 0) is 4.79 Å². The lowest BCUT2D eigenvalue weighted by molar-refractivity contribution is -0.131. The predicted molar refractivity (Wildman–Crippen MR) is 74.6 cm³/mol. The number of hydrogen-bond acceptors (Lipinski definition) is 4. The topological polar surface area (TPSA) is 70.0 Å². The molecule has 2 N–H and O–H groups in total. The van der Waals surface area contributed by atoms with Crippen LogP contribution in [0, 0.1) is 13.8 Å². The van der Waals surface area contributed by atoms with Crippen molar-refractivity contribution in [3.63, 3.8) is 0 Å². The summed E-state index contributed by atoms with van der Waals surface area (Å²) in [5.41, 5.74) is 2.24. The van der Waals surface area contributed by atoms with Gasteiger partial charge in [0.2, 0.25) is 5.91 Å². The van der Waals surface area contributed by atoms with Gasteiger partial charge in [-0.2, -0.15) is 0 Å². The van der Waals surface area contributed by atoms with Crippen LogP contribution in [0.4, 0.5) is 0 Å². The Hall–Kier alpha value is -1.59. The fourth-order valence-electron chi connectivity index (χ4n) is 2.40. The van der Waals surface area contributed by atoms with Gasteiger partial charge in [0, 0.05) is 13.1 Å². The number of β-amino-alcohol motifs (C(OH)–C–C–N with tert-alkyl or cyclic N) is 2. The van der Waals surface area contributed by atoms with Crippen molar-refractivity contribution < 1.29 is 19.7 Å². The van der Waals surface area contributed by atoms with E-state index in [0.29, 0.717) is 6.61 Å². The molecule has 1 amide bonds. The summed E-state index contributed by atoms with van der Waals surface area (Å²) in [6.45, 7) is 4.69. The molecule has 1 fully saturated rings. The zero-order valence-electron chi connectivity index (χ0n) is 11.9. The molecule has 0 spiro atoms. The molecule has 2 unspecified atom stereocenters. The van der Waals surface area contributed by atoms with Crippen LogP contribution in [0.15, 0.2) is 18.2 Å². The molecule has 5 nitrogen and oxygen atoms in total. The molecule has 0 radical (unpaired) electrons. The zero-order valence-corrected chi connectivity index (χ0v) is 11.9. The van der Waals surface area contributed by atoms with E-state index >= 15 is 0 Å². The second-order valence-electron chi connectivity index (χ2n) is 5.36. The number of hydrogen-bond donors (Lipinski definition) is 2. The van der Waals surface area contributed by atoms with E-state index in [0.717, 1.165) is 16.9 Å². The fourth-order valence-corrected chi connectivity index (χ4v) is 2.40. The number of carbonyl (C=O) groups excluding carboxylic acids is 1. The second kappa shape index (κ2) is 6.24. The Morgan fingerprint density at radius 2 is 1.75 bits per heavy atom. The number of amides is 1. The van der Waals surface area contributed by atoms with Gasteiger partial charge in [-0.1, -0.05) is 6.07 Å². The lowest BCUT2D eigenvalue weighted by atomic mass is 10.1. The van der Waals surface area contributed by atoms with Crippen molar-refractivity contribution in [1.82, 2.24) is 4.90 Å². The minimum atomic E-state index is -0.834. The first-order chi connectivity index (χ1) is 9.45. The third-order valence-electron chi connectivity index (χ3n) is 3.39. The van der Waals surface area contributed by atoms with Crippen LogP contribution < -0.4 is 4.74 Å². The minimum absolute atomic E-state index is 0.107. The maximum atomic E-state index is 11.9. The van der Waals surface area contributed by atoms with Crippen LogP contribution in [0.5, 0.6) is 5.75 Å². The smallest absolute Gasteiger partial charge is 0.226 e. The Morgan fingerprint density at radius 1 is 1.20 bits per heavy atom. The lowest BCUT2D eigenvalue weighted by Crippen LogP contribution is -2.30. The maximum absolute atomic E-state index is 11.9. The number of aliphatic hydroxyl groups excluding tert-OH is 2. The summed E-state index contributed by atoms with van der Waals surface area (Å²) in [5, 5.41) is 18.8. The molecule has 0 saturated carbocycles. The van der Waals surface area contributed by atoms with Crippen molar-refractivity contribution in [3.05, 3.63) is 29.3 Å². The predicted octanol–water partition coefficient (Wildman–Crippen LogP) is 0.636. The molecule has 110 valence electrons. The molecule has 5 heteroatoms. The first kappa shape index (κ1) is 14.8. The fraction of sp³-hybridized carbons (Fsp3) is 0.533. The number of ether oxygens (including phenoxy) is 1. The van der Waals surface area contributed by atoms with Gasteiger partial charge in [-0.3, -0.25) is 4.79 Å². The quantitative estimate of drug-likeness (QED) is 0.848. The molecular formula is C15H21NO4. The Morgan fingerprint density at radius 3 is 2.30 bits per heavy atom. The van der Waals surface area contributed by atoms with Gasteiger partial charge in [-0.15, -0.1) is 0 Å². The molecule has 1 heterocycles. The monoisotopic (exact) mass is 279 g/mol. The Balaban J connectivity index is 1.79. The van der Waals surface area contributed by atoms with Gasteiger partial charge >= 0.3 is 0 Å². The Bertz CT molecular complexity index is 459. The van der Waals surface area contributed by atoms with Gasteiger partial charge in [0.05, 0.1) is 25.2 Å². The molecule has 1 aliphatic heterocycles. The summed E-state index contributed by atoms with van der Waals surface area (Å²) in [5.74, 6) is 0.654. The molecule has 1 saturated heterocycles. The van der Waals surface area contributed by atoms with Crippen LogP contribution in [-0.4, -0.2) is 52.9 Å². The second-order valence-corrected chi connectivity index (χ2v) is 5.36. The van der Waals surface area contributed by atoms with Crippen molar-refractivity contribution in [2.24, 2.45) is 0 Å². The van der Waals surface area contributed by atoms with Crippen LogP contribution in [0.2, 0.25) is 0 Å². The van der Waals surface area contributed by atoms with Crippen LogP contribution in [0.1, 0.15) is 17.5 Å². The van der Waals surface area contributed by atoms with Gasteiger partial charge in [0.1, 0.15) is 5.75 Å². The Labute approximate surface area is 118 Å². The highest BCUT2D eigenvalue weighted by Crippen LogP contribution is 2.17. The molecule has 2 atom stereocenters. The highest BCUT2D eigenvalue weighted by molar-refractivity contribution is 5.76. The van der Waals surface area contributed by atoms with Gasteiger partial charge < -0.3 is 19.8 Å². The molecular weight excluding hydrogens is 258 g/mol. The number of benzene rings is 1. The lowest BCUT2D eigenvalue weighted by Gasteiger charge is -2.15. The van der Waals surface area contributed by atoms with Crippen LogP contribution in [0.3, 0.4) is 0 Å². The van der Waals surface area contributed by atoms with E-state index in [9.17, 15) is 15.0 Å². The minimum Gasteiger partial charge on any atom is -0.493 e. The molecule has 0 aromatic heterocycles. The van der Waals surface area contributed by atoms with Gasteiger partial charge in [-0.25, -0.2) is 0 Å². The summed E-state index contributed by atoms with van der Waals surface area (Å²) in [6.07, 6.45) is -1.43. The number of carbonyl (C=O) groups is 1. The standard InChI is InChI=1S/C15H21NO4/c1-10-5-11(2)7-12(6-10)20-4-3-15(19)16-8-13(17)14(18)9-16/h5-7,13-14,17-18H,3-4,8-9H2,1-2H3. The van der Waals surface area contributed by atoms with E-state index in [1.807, 2.05) is 26.0 Å². The first-order valence-electron chi connectivity index (χ1n) is 6.80. The van der Waals surface area contributed by atoms with Gasteiger partial charge in [-0.05, 0) is 37.1 Å². The third kappa shape index (κ3) is 3.71. The van der Waals surface area contributed by atoms with Gasteiger partial charge in [0.15, 0.2) is 0 Å². The van der Waals surface area contributed by atoms with E-state index < -0.39 is 12.2 Å². The van der Waals surface area contributed by atoms with E-state index in [4.69, 9.17) is 4.74 Å². The van der Waals surface area contributed by atoms with E-state index in [-0.39, 0.29) is 25.4 Å². The molecule has 1 aliphatic rings. The third-order valence-corrected chi connectivity index (χ3v) is 3.39. The number of likely N-dealkylation sites (tertiary alicyclic amines) is 1. The van der Waals surface area contributed by atoms with Crippen molar-refractivity contribution in [3.8, 4) is 5.75 Å². The molecule has 20 heavy (non-hydrogen) atoms. The van der Waals surface area contributed by atoms with E-state index in [1.54, 1.807) is 0 Å². The first-order valence-corrected chi connectivity index (χ1v) is 6.80. The summed E-state index contributed by atoms with van der Waals surface area (Å²) in [4.78, 5) is 13.4. The Kier molecular flexibility index (Phi) is 4.62. The summed E-state index contributed by atoms with van der Waals surface area (Å²) in [7, 11) is 0. The average Bonchev–Trinajstić information content (AvgIpc) is 2.68. The highest BCUT2D eigenvalue weighted by Gasteiger charge is 2.32. The number of aliphatic hydroxyl groups is 2. The number of rotatable bonds is 4. The summed E-state index contributed by atoms with van der Waals surface area (Å²) >= 11 is 0. The molecule has 0 aliphatic carbocycles. The van der Waals surface area contributed by atoms with Crippen LogP contribution >= 0.6 is 0 Å². The van der Waals surface area contributed by atoms with Crippen molar-refractivity contribution in [2.45, 2.75) is 32.5 Å². The molecule has 2 rings (SSSR count). The van der Waals surface area contributed by atoms with E-state index in [2.05, 4.69) is 6.07 Å². The maximum Gasteiger partial charge on any atom is 0.226 e. The molecule has 1 aromatic carbocycles. The SMILES string of the molecule is Cc1cc(C)cc(OCCC(=O)N2CC(O)C(O)C2)c1. The zero-order chi connectivity index (χ0) is 14.7. The molecule has 1 aromatic rings.